The van der Waals surface area contributed by atoms with E-state index >= 15 is 0 Å². The highest BCUT2D eigenvalue weighted by Gasteiger charge is 2.43. The van der Waals surface area contributed by atoms with Crippen molar-refractivity contribution in [1.82, 2.24) is 5.32 Å². The fraction of sp³-hybridized carbons (Fsp3) is 0.333. The lowest BCUT2D eigenvalue weighted by Crippen LogP contribution is -2.43. The van der Waals surface area contributed by atoms with Gasteiger partial charge in [0.2, 0.25) is 0 Å². The molecule has 0 saturated carbocycles. The summed E-state index contributed by atoms with van der Waals surface area (Å²) in [5.41, 5.74) is 3.14. The third kappa shape index (κ3) is 3.04. The standard InChI is InChI=1S/C21H23N3O2S/c1-21(2)11-14-18(16(25)12-21)19(17-9-6-10-27-17)24(20(26)22-3)15-8-5-4-7-13(15)23-14/h4-10,19,23H,11-12H2,1-3H3,(H,22,26)/t19-/m1/s1. The molecule has 2 amide bonds. The van der Waals surface area contributed by atoms with E-state index in [9.17, 15) is 9.59 Å². The quantitative estimate of drug-likeness (QED) is 0.752. The van der Waals surface area contributed by atoms with E-state index in [4.69, 9.17) is 0 Å². The molecular weight excluding hydrogens is 358 g/mol. The maximum atomic E-state index is 13.3. The fourth-order valence-corrected chi connectivity index (χ4v) is 4.87. The molecule has 4 rings (SSSR count). The molecule has 0 fully saturated rings. The van der Waals surface area contributed by atoms with Gasteiger partial charge in [-0.2, -0.15) is 0 Å². The number of rotatable bonds is 1. The molecule has 1 atom stereocenters. The zero-order valence-corrected chi connectivity index (χ0v) is 16.5. The molecule has 2 heterocycles. The van der Waals surface area contributed by atoms with Crippen LogP contribution in [0.2, 0.25) is 0 Å². The van der Waals surface area contributed by atoms with Crippen molar-refractivity contribution < 1.29 is 9.59 Å². The summed E-state index contributed by atoms with van der Waals surface area (Å²) in [6, 6.07) is 11.0. The molecule has 6 heteroatoms. The Morgan fingerprint density at radius 3 is 2.70 bits per heavy atom. The van der Waals surface area contributed by atoms with Crippen molar-refractivity contribution in [3.63, 3.8) is 0 Å². The normalized spacial score (nSPS) is 21.1. The number of nitrogens with zero attached hydrogens (tertiary/aromatic N) is 1. The van der Waals surface area contributed by atoms with Gasteiger partial charge in [-0.3, -0.25) is 9.69 Å². The Balaban J connectivity index is 2.00. The molecule has 2 aliphatic rings. The molecule has 0 radical (unpaired) electrons. The van der Waals surface area contributed by atoms with Crippen LogP contribution >= 0.6 is 11.3 Å². The van der Waals surface area contributed by atoms with Gasteiger partial charge in [0.25, 0.3) is 0 Å². The molecule has 1 aliphatic heterocycles. The summed E-state index contributed by atoms with van der Waals surface area (Å²) >= 11 is 1.57. The number of carbonyl (C=O) groups is 2. The van der Waals surface area contributed by atoms with Gasteiger partial charge in [-0.1, -0.05) is 32.0 Å². The minimum atomic E-state index is -0.431. The first-order chi connectivity index (χ1) is 12.9. The van der Waals surface area contributed by atoms with Crippen LogP contribution in [0.4, 0.5) is 16.2 Å². The number of ketones is 1. The van der Waals surface area contributed by atoms with Crippen molar-refractivity contribution in [2.75, 3.05) is 17.3 Å². The Bertz CT molecular complexity index is 931. The monoisotopic (exact) mass is 381 g/mol. The lowest BCUT2D eigenvalue weighted by molar-refractivity contribution is -0.118. The van der Waals surface area contributed by atoms with Gasteiger partial charge in [0.05, 0.1) is 11.4 Å². The number of allylic oxidation sites excluding steroid dienone is 1. The number of anilines is 2. The first-order valence-electron chi connectivity index (χ1n) is 9.08. The van der Waals surface area contributed by atoms with Gasteiger partial charge in [0.1, 0.15) is 6.04 Å². The number of fused-ring (bicyclic) bond motifs is 1. The largest absolute Gasteiger partial charge is 0.357 e. The third-order valence-corrected chi connectivity index (χ3v) is 6.07. The van der Waals surface area contributed by atoms with Gasteiger partial charge in [0, 0.05) is 29.6 Å². The van der Waals surface area contributed by atoms with Crippen LogP contribution < -0.4 is 15.5 Å². The highest BCUT2D eigenvalue weighted by molar-refractivity contribution is 7.10. The topological polar surface area (TPSA) is 61.4 Å². The first-order valence-corrected chi connectivity index (χ1v) is 9.96. The highest BCUT2D eigenvalue weighted by atomic mass is 32.1. The summed E-state index contributed by atoms with van der Waals surface area (Å²) in [6.07, 6.45) is 1.25. The van der Waals surface area contributed by atoms with E-state index in [2.05, 4.69) is 24.5 Å². The summed E-state index contributed by atoms with van der Waals surface area (Å²) in [5, 5.41) is 8.23. The molecular formula is C21H23N3O2S. The lowest BCUT2D eigenvalue weighted by atomic mass is 9.74. The smallest absolute Gasteiger partial charge is 0.322 e. The summed E-state index contributed by atoms with van der Waals surface area (Å²) in [7, 11) is 1.62. The van der Waals surface area contributed by atoms with Crippen LogP contribution in [0.3, 0.4) is 0 Å². The van der Waals surface area contributed by atoms with Crippen molar-refractivity contribution in [2.45, 2.75) is 32.7 Å². The van der Waals surface area contributed by atoms with Crippen molar-refractivity contribution in [1.29, 1.82) is 0 Å². The van der Waals surface area contributed by atoms with E-state index < -0.39 is 6.04 Å². The number of thiophene rings is 1. The zero-order valence-electron chi connectivity index (χ0n) is 15.7. The van der Waals surface area contributed by atoms with E-state index in [1.54, 1.807) is 23.3 Å². The SMILES string of the molecule is CNC(=O)N1c2ccccc2NC2=C(C(=O)CC(C)(C)C2)[C@H]1c1cccs1. The molecule has 2 N–H and O–H groups in total. The predicted molar refractivity (Wildman–Crippen MR) is 109 cm³/mol. The summed E-state index contributed by atoms with van der Waals surface area (Å²) in [5.74, 6) is 0.105. The summed E-state index contributed by atoms with van der Waals surface area (Å²) in [6.45, 7) is 4.23. The predicted octanol–water partition coefficient (Wildman–Crippen LogP) is 4.70. The second-order valence-electron chi connectivity index (χ2n) is 7.82. The van der Waals surface area contributed by atoms with Crippen LogP contribution in [-0.2, 0) is 4.79 Å². The highest BCUT2D eigenvalue weighted by Crippen LogP contribution is 2.48. The minimum Gasteiger partial charge on any atom is -0.357 e. The Hall–Kier alpha value is -2.60. The van der Waals surface area contributed by atoms with Crippen molar-refractivity contribution in [3.8, 4) is 0 Å². The number of carbonyl (C=O) groups excluding carboxylic acids is 2. The van der Waals surface area contributed by atoms with Crippen LogP contribution in [0.1, 0.15) is 37.6 Å². The fourth-order valence-electron chi connectivity index (χ4n) is 4.05. The minimum absolute atomic E-state index is 0.105. The van der Waals surface area contributed by atoms with Crippen molar-refractivity contribution in [2.24, 2.45) is 5.41 Å². The van der Waals surface area contributed by atoms with Crippen molar-refractivity contribution >= 4 is 34.5 Å². The molecule has 1 aromatic heterocycles. The van der Waals surface area contributed by atoms with Gasteiger partial charge < -0.3 is 10.6 Å². The van der Waals surface area contributed by atoms with Crippen molar-refractivity contribution in [3.05, 3.63) is 57.9 Å². The molecule has 140 valence electrons. The van der Waals surface area contributed by atoms with Crippen LogP contribution in [-0.4, -0.2) is 18.9 Å². The molecule has 0 bridgehead atoms. The van der Waals surface area contributed by atoms with Gasteiger partial charge in [-0.05, 0) is 35.4 Å². The lowest BCUT2D eigenvalue weighted by Gasteiger charge is -2.36. The van der Waals surface area contributed by atoms with Crippen LogP contribution in [0.5, 0.6) is 0 Å². The Labute approximate surface area is 163 Å². The average Bonchev–Trinajstić information content (AvgIpc) is 3.09. The molecule has 2 aromatic rings. The molecule has 1 aromatic carbocycles. The van der Waals surface area contributed by atoms with Crippen LogP contribution in [0.25, 0.3) is 0 Å². The Kier molecular flexibility index (Phi) is 4.30. The summed E-state index contributed by atoms with van der Waals surface area (Å²) < 4.78 is 0. The van der Waals surface area contributed by atoms with E-state index in [-0.39, 0.29) is 17.2 Å². The van der Waals surface area contributed by atoms with Crippen LogP contribution in [0, 0.1) is 5.41 Å². The number of amides is 2. The zero-order chi connectivity index (χ0) is 19.2. The molecule has 1 aliphatic carbocycles. The number of hydrogen-bond donors (Lipinski definition) is 2. The Morgan fingerprint density at radius 1 is 1.22 bits per heavy atom. The maximum absolute atomic E-state index is 13.3. The third-order valence-electron chi connectivity index (χ3n) is 5.15. The van der Waals surface area contributed by atoms with E-state index in [1.807, 2.05) is 41.8 Å². The van der Waals surface area contributed by atoms with Gasteiger partial charge in [-0.25, -0.2) is 4.79 Å². The summed E-state index contributed by atoms with van der Waals surface area (Å²) in [4.78, 5) is 28.9. The van der Waals surface area contributed by atoms with E-state index in [0.717, 1.165) is 28.4 Å². The van der Waals surface area contributed by atoms with Gasteiger partial charge in [0.15, 0.2) is 5.78 Å². The second-order valence-corrected chi connectivity index (χ2v) is 8.80. The molecule has 27 heavy (non-hydrogen) atoms. The number of Topliss-reactive ketones (excluding diaryl/α,β-unsaturated/α-hetero) is 1. The van der Waals surface area contributed by atoms with E-state index in [0.29, 0.717) is 12.0 Å². The first kappa shape index (κ1) is 17.8. The number of hydrogen-bond acceptors (Lipinski definition) is 4. The van der Waals surface area contributed by atoms with Crippen LogP contribution in [0.15, 0.2) is 53.0 Å². The number of para-hydroxylation sites is 2. The molecule has 0 spiro atoms. The molecule has 5 nitrogen and oxygen atoms in total. The molecule has 0 saturated heterocycles. The Morgan fingerprint density at radius 2 is 2.00 bits per heavy atom. The van der Waals surface area contributed by atoms with Gasteiger partial charge in [-0.15, -0.1) is 11.3 Å². The second kappa shape index (κ2) is 6.53. The van der Waals surface area contributed by atoms with Gasteiger partial charge >= 0.3 is 6.03 Å². The number of benzene rings is 1. The number of urea groups is 1. The maximum Gasteiger partial charge on any atom is 0.322 e. The number of nitrogens with one attached hydrogen (secondary N) is 2. The van der Waals surface area contributed by atoms with E-state index in [1.165, 1.54) is 0 Å². The average molecular weight is 382 g/mol. The molecule has 0 unspecified atom stereocenters.